The van der Waals surface area contributed by atoms with Crippen molar-refractivity contribution in [2.45, 2.75) is 194 Å². The first-order chi connectivity index (χ1) is 28.0. The highest BCUT2D eigenvalue weighted by atomic mass is 16.6. The van der Waals surface area contributed by atoms with E-state index in [4.69, 9.17) is 14.2 Å². The summed E-state index contributed by atoms with van der Waals surface area (Å²) in [6.45, 7) is 6.20. The lowest BCUT2D eigenvalue weighted by Gasteiger charge is -2.18. The molecule has 0 heterocycles. The van der Waals surface area contributed by atoms with Gasteiger partial charge in [-0.05, 0) is 103 Å². The Kier molecular flexibility index (Phi) is 42.1. The molecule has 322 valence electrons. The Hall–Kier alpha value is -3.67. The molecule has 6 heteroatoms. The van der Waals surface area contributed by atoms with E-state index in [1.165, 1.54) is 25.7 Å². The predicted molar refractivity (Wildman–Crippen MR) is 242 cm³/mol. The van der Waals surface area contributed by atoms with E-state index in [2.05, 4.69) is 118 Å². The van der Waals surface area contributed by atoms with Gasteiger partial charge in [0.05, 0.1) is 0 Å². The fraction of sp³-hybridized carbons (Fsp3) is 0.627. The van der Waals surface area contributed by atoms with Crippen molar-refractivity contribution in [3.05, 3.63) is 97.2 Å². The number of rotatable bonds is 39. The van der Waals surface area contributed by atoms with Crippen LogP contribution >= 0.6 is 0 Å². The topological polar surface area (TPSA) is 78.9 Å². The monoisotopic (exact) mass is 791 g/mol. The third-order valence-electron chi connectivity index (χ3n) is 9.06. The second kappa shape index (κ2) is 45.0. The van der Waals surface area contributed by atoms with Crippen LogP contribution in [-0.2, 0) is 28.6 Å². The molecule has 0 aromatic heterocycles. The van der Waals surface area contributed by atoms with Crippen molar-refractivity contribution in [1.29, 1.82) is 0 Å². The highest BCUT2D eigenvalue weighted by Gasteiger charge is 2.19. The first-order valence-electron chi connectivity index (χ1n) is 22.7. The van der Waals surface area contributed by atoms with Gasteiger partial charge in [0.15, 0.2) is 6.10 Å². The lowest BCUT2D eigenvalue weighted by atomic mass is 10.1. The van der Waals surface area contributed by atoms with Crippen molar-refractivity contribution in [1.82, 2.24) is 0 Å². The van der Waals surface area contributed by atoms with Gasteiger partial charge in [-0.25, -0.2) is 0 Å². The molecule has 0 bridgehead atoms. The average molecular weight is 791 g/mol. The Balaban J connectivity index is 4.50. The molecule has 0 aromatic carbocycles. The van der Waals surface area contributed by atoms with Gasteiger partial charge in [-0.3, -0.25) is 14.4 Å². The zero-order chi connectivity index (χ0) is 41.5. The van der Waals surface area contributed by atoms with Crippen molar-refractivity contribution in [2.75, 3.05) is 13.2 Å². The minimum atomic E-state index is -0.810. The normalized spacial score (nSPS) is 13.0. The zero-order valence-corrected chi connectivity index (χ0v) is 36.6. The van der Waals surface area contributed by atoms with Gasteiger partial charge in [-0.15, -0.1) is 0 Å². The van der Waals surface area contributed by atoms with Crippen molar-refractivity contribution >= 4 is 17.9 Å². The maximum Gasteiger partial charge on any atom is 0.306 e. The Morgan fingerprint density at radius 2 is 0.649 bits per heavy atom. The highest BCUT2D eigenvalue weighted by molar-refractivity contribution is 5.71. The fourth-order valence-corrected chi connectivity index (χ4v) is 5.75. The summed E-state index contributed by atoms with van der Waals surface area (Å²) in [6.07, 6.45) is 58.3. The predicted octanol–water partition coefficient (Wildman–Crippen LogP) is 14.6. The second-order valence-corrected chi connectivity index (χ2v) is 14.5. The molecule has 0 spiro atoms. The molecular formula is C51H82O6. The van der Waals surface area contributed by atoms with Crippen LogP contribution in [0.25, 0.3) is 0 Å². The molecule has 57 heavy (non-hydrogen) atoms. The maximum atomic E-state index is 12.7. The Bertz CT molecular complexity index is 1180. The van der Waals surface area contributed by atoms with E-state index in [0.717, 1.165) is 116 Å². The van der Waals surface area contributed by atoms with E-state index in [1.807, 2.05) is 0 Å². The van der Waals surface area contributed by atoms with Crippen LogP contribution < -0.4 is 0 Å². The first-order valence-corrected chi connectivity index (χ1v) is 22.7. The summed E-state index contributed by atoms with van der Waals surface area (Å²) in [5.74, 6) is -1.01. The maximum absolute atomic E-state index is 12.7. The van der Waals surface area contributed by atoms with Gasteiger partial charge in [0.2, 0.25) is 0 Å². The van der Waals surface area contributed by atoms with E-state index in [9.17, 15) is 14.4 Å². The van der Waals surface area contributed by atoms with Gasteiger partial charge in [0, 0.05) is 19.3 Å². The van der Waals surface area contributed by atoms with Crippen LogP contribution in [0, 0.1) is 0 Å². The van der Waals surface area contributed by atoms with E-state index < -0.39 is 6.10 Å². The number of ether oxygens (including phenoxy) is 3. The standard InChI is InChI=1S/C51H82O6/c1-4-7-10-13-16-19-22-24-26-29-32-35-38-41-44-50(53)56-47-48(46-55-49(52)43-40-37-34-31-28-21-18-15-12-9-6-3)57-51(54)45-42-39-36-33-30-27-25-23-20-17-14-11-8-5-2/h7-12,16-21,24,26,31,34,48H,4-6,13-15,22-23,25,27-30,32-33,35-47H2,1-3H3/b10-7-,11-8-,12-9-,19-16-,20-17-,21-18-,26-24-,34-31-. The third-order valence-corrected chi connectivity index (χ3v) is 9.06. The van der Waals surface area contributed by atoms with E-state index in [-0.39, 0.29) is 37.5 Å². The van der Waals surface area contributed by atoms with Crippen molar-refractivity contribution < 1.29 is 28.6 Å². The molecule has 0 aromatic rings. The van der Waals surface area contributed by atoms with E-state index >= 15 is 0 Å². The van der Waals surface area contributed by atoms with E-state index in [1.54, 1.807) is 0 Å². The molecule has 1 unspecified atom stereocenters. The molecule has 0 aliphatic heterocycles. The number of esters is 3. The molecular weight excluding hydrogens is 709 g/mol. The summed E-state index contributed by atoms with van der Waals surface area (Å²) in [5, 5.41) is 0. The summed E-state index contributed by atoms with van der Waals surface area (Å²) in [7, 11) is 0. The smallest absolute Gasteiger partial charge is 0.306 e. The van der Waals surface area contributed by atoms with Crippen LogP contribution in [0.4, 0.5) is 0 Å². The van der Waals surface area contributed by atoms with Crippen molar-refractivity contribution in [3.63, 3.8) is 0 Å². The Morgan fingerprint density at radius 1 is 0.351 bits per heavy atom. The van der Waals surface area contributed by atoms with Gasteiger partial charge in [0.25, 0.3) is 0 Å². The highest BCUT2D eigenvalue weighted by Crippen LogP contribution is 2.13. The van der Waals surface area contributed by atoms with Gasteiger partial charge in [0.1, 0.15) is 13.2 Å². The molecule has 0 saturated carbocycles. The summed E-state index contributed by atoms with van der Waals surface area (Å²) in [4.78, 5) is 37.7. The Labute approximate surface area is 349 Å². The molecule has 0 amide bonds. The number of hydrogen-bond acceptors (Lipinski definition) is 6. The van der Waals surface area contributed by atoms with Gasteiger partial charge >= 0.3 is 17.9 Å². The van der Waals surface area contributed by atoms with Gasteiger partial charge in [-0.1, -0.05) is 163 Å². The molecule has 6 nitrogen and oxygen atoms in total. The fourth-order valence-electron chi connectivity index (χ4n) is 5.75. The summed E-state index contributed by atoms with van der Waals surface area (Å²) >= 11 is 0. The number of hydrogen-bond donors (Lipinski definition) is 0. The lowest BCUT2D eigenvalue weighted by molar-refractivity contribution is -0.167. The van der Waals surface area contributed by atoms with Gasteiger partial charge < -0.3 is 14.2 Å². The Morgan fingerprint density at radius 3 is 1.05 bits per heavy atom. The van der Waals surface area contributed by atoms with Crippen molar-refractivity contribution in [3.8, 4) is 0 Å². The van der Waals surface area contributed by atoms with Crippen LogP contribution in [0.3, 0.4) is 0 Å². The summed E-state index contributed by atoms with van der Waals surface area (Å²) < 4.78 is 16.6. The number of carbonyl (C=O) groups excluding carboxylic acids is 3. The van der Waals surface area contributed by atoms with Crippen molar-refractivity contribution in [2.24, 2.45) is 0 Å². The van der Waals surface area contributed by atoms with E-state index in [0.29, 0.717) is 19.3 Å². The largest absolute Gasteiger partial charge is 0.462 e. The molecule has 0 saturated heterocycles. The minimum absolute atomic E-state index is 0.110. The summed E-state index contributed by atoms with van der Waals surface area (Å²) in [6, 6.07) is 0. The number of carbonyl (C=O) groups is 3. The molecule has 1 atom stereocenters. The van der Waals surface area contributed by atoms with Crippen LogP contribution in [0.15, 0.2) is 97.2 Å². The first kappa shape index (κ1) is 53.3. The van der Waals surface area contributed by atoms with Crippen LogP contribution in [0.2, 0.25) is 0 Å². The average Bonchev–Trinajstić information content (AvgIpc) is 3.21. The number of allylic oxidation sites excluding steroid dienone is 16. The molecule has 0 rings (SSSR count). The van der Waals surface area contributed by atoms with Crippen LogP contribution in [0.5, 0.6) is 0 Å². The van der Waals surface area contributed by atoms with Gasteiger partial charge in [-0.2, -0.15) is 0 Å². The minimum Gasteiger partial charge on any atom is -0.462 e. The molecule has 0 fully saturated rings. The quantitative estimate of drug-likeness (QED) is 0.0267. The third kappa shape index (κ3) is 43.3. The lowest BCUT2D eigenvalue weighted by Crippen LogP contribution is -2.30. The van der Waals surface area contributed by atoms with Crippen LogP contribution in [0.1, 0.15) is 188 Å². The zero-order valence-electron chi connectivity index (χ0n) is 36.6. The molecule has 0 radical (unpaired) electrons. The summed E-state index contributed by atoms with van der Waals surface area (Å²) in [5.41, 5.74) is 0. The molecule has 0 aliphatic carbocycles. The van der Waals surface area contributed by atoms with Crippen LogP contribution in [-0.4, -0.2) is 37.2 Å². The SMILES string of the molecule is CC/C=C\C/C=C\C/C=C\CCCCCCC(=O)OCC(COC(=O)CCC/C=C\C/C=C\C/C=C\CC)OC(=O)CCCCCCCCC/C=C\C/C=C\CC. The molecule has 0 N–H and O–H groups in total. The second-order valence-electron chi connectivity index (χ2n) is 14.5. The molecule has 0 aliphatic rings. The number of unbranched alkanes of at least 4 members (excludes halogenated alkanes) is 12.